The van der Waals surface area contributed by atoms with Crippen molar-refractivity contribution in [3.8, 4) is 44.9 Å². The quantitative estimate of drug-likeness (QED) is 0.0206. The van der Waals surface area contributed by atoms with E-state index in [2.05, 4.69) is 338 Å². The molecular formula is C124H160B2Br2N2O10P2. The van der Waals surface area contributed by atoms with E-state index in [4.69, 9.17) is 46.4 Å². The predicted octanol–water partition coefficient (Wildman–Crippen LogP) is 35.8. The van der Waals surface area contributed by atoms with Crippen LogP contribution in [-0.4, -0.2) is 63.1 Å². The number of nitrogens with zero attached hydrogens (tertiary/aromatic N) is 2. The van der Waals surface area contributed by atoms with Crippen LogP contribution in [0.5, 0.6) is 11.5 Å². The fourth-order valence-corrected chi connectivity index (χ4v) is 21.0. The number of aryl methyl sites for hydroxylation is 2. The van der Waals surface area contributed by atoms with E-state index in [-0.39, 0.29) is 47.5 Å². The van der Waals surface area contributed by atoms with Crippen molar-refractivity contribution in [3.63, 3.8) is 0 Å². The Hall–Kier alpha value is -8.33. The zero-order valence-electron chi connectivity index (χ0n) is 87.7. The van der Waals surface area contributed by atoms with Crippen molar-refractivity contribution in [2.24, 2.45) is 0 Å². The molecule has 2 fully saturated rings. The number of benzene rings is 10. The third-order valence-electron chi connectivity index (χ3n) is 30.0. The molecule has 2 atom stereocenters. The number of ether oxygens (including phenoxy) is 4. The van der Waals surface area contributed by atoms with E-state index >= 15 is 0 Å². The van der Waals surface area contributed by atoms with E-state index < -0.39 is 0 Å². The molecule has 0 amide bonds. The number of hydrogen-bond acceptors (Lipinski definition) is 12. The Bertz CT molecular complexity index is 5560. The van der Waals surface area contributed by atoms with Gasteiger partial charge >= 0.3 is 14.2 Å². The normalized spacial score (nSPS) is 15.0. The molecule has 10 aromatic carbocycles. The number of fused-ring (bicyclic) bond motifs is 6. The van der Waals surface area contributed by atoms with Gasteiger partial charge in [0.2, 0.25) is 0 Å². The Morgan fingerprint density at radius 1 is 0.296 bits per heavy atom. The van der Waals surface area contributed by atoms with Gasteiger partial charge in [-0.25, -0.2) is 0 Å². The molecule has 0 bridgehead atoms. The van der Waals surface area contributed by atoms with E-state index in [1.165, 1.54) is 223 Å². The van der Waals surface area contributed by atoms with Crippen molar-refractivity contribution in [1.82, 2.24) is 0 Å². The molecule has 16 rings (SSSR count). The maximum Gasteiger partial charge on any atom is 0.494 e. The lowest BCUT2D eigenvalue weighted by Gasteiger charge is -2.33. The van der Waals surface area contributed by atoms with Gasteiger partial charge in [0, 0.05) is 66.7 Å². The summed E-state index contributed by atoms with van der Waals surface area (Å²) in [5, 5.41) is 0. The molecule has 2 unspecified atom stereocenters. The summed E-state index contributed by atoms with van der Waals surface area (Å²) < 4.78 is 62.4. The monoisotopic (exact) mass is 2080 g/mol. The van der Waals surface area contributed by atoms with Crippen LogP contribution in [-0.2, 0) is 52.1 Å². The maximum atomic E-state index is 6.60. The van der Waals surface area contributed by atoms with E-state index in [9.17, 15) is 0 Å². The molecular weight excluding hydrogens is 1920 g/mol. The molecule has 18 heteroatoms. The van der Waals surface area contributed by atoms with Crippen molar-refractivity contribution in [2.45, 2.75) is 336 Å². The van der Waals surface area contributed by atoms with Crippen LogP contribution in [0.2, 0.25) is 0 Å². The summed E-state index contributed by atoms with van der Waals surface area (Å²) in [5.74, 6) is 3.37. The fraction of sp³-hybridized carbons (Fsp3) is 0.452. The summed E-state index contributed by atoms with van der Waals surface area (Å²) in [6.45, 7) is 34.2. The van der Waals surface area contributed by atoms with Crippen molar-refractivity contribution < 1.29 is 46.4 Å². The molecule has 2 aliphatic heterocycles. The zero-order chi connectivity index (χ0) is 101. The molecule has 2 saturated heterocycles. The van der Waals surface area contributed by atoms with Gasteiger partial charge in [-0.05, 0) is 313 Å². The summed E-state index contributed by atoms with van der Waals surface area (Å²) >= 11 is 7.04. The number of anilines is 6. The molecule has 0 spiro atoms. The van der Waals surface area contributed by atoms with Crippen LogP contribution in [0.3, 0.4) is 0 Å². The molecule has 142 heavy (non-hydrogen) atoms. The van der Waals surface area contributed by atoms with Gasteiger partial charge in [-0.2, -0.15) is 0 Å². The van der Waals surface area contributed by atoms with Crippen LogP contribution in [0.4, 0.5) is 34.1 Å². The standard InChI is InChI=1S/C57H69NO3.C41H64B2O4.C26H23Br2NO3.H4P2/c1-5-7-9-11-13-15-36-57(37-16-14-12-10-8-6-2)55-41-45(4)22-34-53(55)54-35-25-47(42-56(54)57)46-23-28-49(29-24-46)58(48-26-20-44(3)21-27-48)50-30-32-51(33-31-50)60-40-18-38-59-43-52-19-17-39-61-52;1-11-13-15-17-19-21-27-41(28-22-20-18-16-14-12-2)35-29-31(42-44-37(3,4)38(5,6)45-42)23-25-33(35)34-26-24-32(30-36(34)41)43-46-39(7,8)40(9,10)47-43;27-20-4-8-22(9-5-20)29(23-10-6-21(28)7-11-23)24-12-14-25(15-13-24)31-18-2-16-30-19-26-3-1-17-32-26;1-2/h17,19-35,39,41-42H,5-16,18,36-38,40,43H2,1-4H3;23-26,29-30H,11-22,27-28H2,1-10H3;1,3-15,17H,2,16,18-19H2;1-2H2. The minimum absolute atomic E-state index is 0.0561. The highest BCUT2D eigenvalue weighted by molar-refractivity contribution is 9.10. The van der Waals surface area contributed by atoms with E-state index in [0.29, 0.717) is 39.6 Å². The Kier molecular flexibility index (Phi) is 42.5. The van der Waals surface area contributed by atoms with Crippen LogP contribution in [0.25, 0.3) is 33.4 Å². The van der Waals surface area contributed by atoms with Gasteiger partial charge in [0.25, 0.3) is 0 Å². The molecule has 0 radical (unpaired) electrons. The Morgan fingerprint density at radius 3 is 0.930 bits per heavy atom. The zero-order valence-corrected chi connectivity index (χ0v) is 93.2. The second kappa shape index (κ2) is 54.4. The van der Waals surface area contributed by atoms with Crippen LogP contribution < -0.4 is 30.2 Å². The van der Waals surface area contributed by atoms with E-state index in [1.54, 1.807) is 23.7 Å². The largest absolute Gasteiger partial charge is 0.494 e. The average molecular weight is 2080 g/mol. The van der Waals surface area contributed by atoms with Crippen molar-refractivity contribution in [3.05, 3.63) is 309 Å². The maximum absolute atomic E-state index is 6.60. The minimum atomic E-state index is -0.370. The molecule has 4 heterocycles. The van der Waals surface area contributed by atoms with Gasteiger partial charge in [0.1, 0.15) is 36.2 Å². The van der Waals surface area contributed by atoms with E-state index in [0.717, 1.165) is 103 Å². The summed E-state index contributed by atoms with van der Waals surface area (Å²) in [6.07, 6.45) is 41.3. The second-order valence-corrected chi connectivity index (χ2v) is 43.3. The number of hydrogen-bond donors (Lipinski definition) is 0. The molecule has 756 valence electrons. The lowest BCUT2D eigenvalue weighted by molar-refractivity contribution is 0.00578. The highest BCUT2D eigenvalue weighted by atomic mass is 79.9. The Labute approximate surface area is 875 Å². The van der Waals surface area contributed by atoms with Crippen LogP contribution in [0.1, 0.15) is 321 Å². The predicted molar refractivity (Wildman–Crippen MR) is 611 cm³/mol. The molecule has 0 saturated carbocycles. The number of unbranched alkanes of at least 4 members (excludes halogenated alkanes) is 20. The molecule has 2 aliphatic carbocycles. The lowest BCUT2D eigenvalue weighted by Crippen LogP contribution is -2.41. The van der Waals surface area contributed by atoms with Gasteiger partial charge in [-0.1, -0.05) is 316 Å². The van der Waals surface area contributed by atoms with Crippen LogP contribution in [0.15, 0.2) is 273 Å². The molecule has 0 N–H and O–H groups in total. The van der Waals surface area contributed by atoms with E-state index in [1.807, 2.05) is 60.7 Å². The summed E-state index contributed by atoms with van der Waals surface area (Å²) in [5.41, 5.74) is 24.3. The molecule has 4 aliphatic rings. The first kappa shape index (κ1) is 111. The molecule has 12 nitrogen and oxygen atoms in total. The second-order valence-electron chi connectivity index (χ2n) is 41.5. The molecule has 2 aromatic heterocycles. The first-order chi connectivity index (χ1) is 68.8. The van der Waals surface area contributed by atoms with Crippen LogP contribution >= 0.6 is 49.7 Å². The van der Waals surface area contributed by atoms with Gasteiger partial charge < -0.3 is 56.2 Å². The third-order valence-corrected chi connectivity index (χ3v) is 31.0. The highest BCUT2D eigenvalue weighted by Gasteiger charge is 2.55. The number of halogens is 2. The van der Waals surface area contributed by atoms with Crippen molar-refractivity contribution >= 4 is 109 Å². The summed E-state index contributed by atoms with van der Waals surface area (Å²) in [6, 6.07) is 87.6. The smallest absolute Gasteiger partial charge is 0.494 e. The van der Waals surface area contributed by atoms with Crippen molar-refractivity contribution in [1.29, 1.82) is 0 Å². The first-order valence-corrected chi connectivity index (χ1v) is 57.7. The minimum Gasteiger partial charge on any atom is -0.494 e. The van der Waals surface area contributed by atoms with Gasteiger partial charge in [-0.3, -0.25) is 0 Å². The van der Waals surface area contributed by atoms with Crippen molar-refractivity contribution in [2.75, 3.05) is 36.2 Å². The topological polar surface area (TPSA) is 107 Å². The third kappa shape index (κ3) is 29.2. The fourth-order valence-electron chi connectivity index (χ4n) is 20.5. The highest BCUT2D eigenvalue weighted by Crippen LogP contribution is 2.58. The lowest BCUT2D eigenvalue weighted by atomic mass is 9.67. The Balaban J connectivity index is 0.000000186. The van der Waals surface area contributed by atoms with Gasteiger partial charge in [-0.15, -0.1) is 17.9 Å². The summed E-state index contributed by atoms with van der Waals surface area (Å²) in [4.78, 5) is 4.55. The number of furan rings is 2. The first-order valence-electron chi connectivity index (χ1n) is 53.4. The van der Waals surface area contributed by atoms with Crippen LogP contribution in [0, 0.1) is 13.8 Å². The van der Waals surface area contributed by atoms with Gasteiger partial charge in [0.15, 0.2) is 0 Å². The SMILES string of the molecule is Brc1ccc(N(c2ccc(Br)cc2)c2ccc(OCCCOCc3ccco3)cc2)cc1.CCCCCCCCC1(CCCCCCCC)c2cc(B3OC(C)(C)C(C)(C)O3)ccc2-c2ccc(B3OC(C)(C)C(C)(C)O3)cc21.CCCCCCCCC1(CCCCCCCC)c2cc(C)ccc2-c2ccc(-c3ccc(N(c4ccc(C)cc4)c4ccc(OCCCOCc5ccco5)cc4)cc3)cc21.PP. The average Bonchev–Trinajstić information content (AvgIpc) is 1.56. The number of rotatable bonds is 51. The summed E-state index contributed by atoms with van der Waals surface area (Å²) in [7, 11) is 3.94. The Morgan fingerprint density at radius 2 is 0.585 bits per heavy atom. The van der Waals surface area contributed by atoms with Gasteiger partial charge in [0.05, 0.1) is 61.4 Å². The molecule has 12 aromatic rings.